The topological polar surface area (TPSA) is 101 Å². The van der Waals surface area contributed by atoms with E-state index in [0.717, 1.165) is 10.1 Å². The Hall–Kier alpha value is -3.57. The van der Waals surface area contributed by atoms with Crippen molar-refractivity contribution >= 4 is 17.5 Å². The fourth-order valence-electron chi connectivity index (χ4n) is 2.91. The molecule has 3 aromatic rings. The first kappa shape index (κ1) is 21.1. The summed E-state index contributed by atoms with van der Waals surface area (Å²) in [6.07, 6.45) is 1.20. The SMILES string of the molecule is CCn1cc(C#N)c(=O)n(CC(=O)N(C)Cc2ccc(-c3ccc(Cl)cc3)o2)c1=O. The molecule has 0 radical (unpaired) electrons. The molecule has 1 aromatic carbocycles. The molecule has 0 aliphatic carbocycles. The molecule has 30 heavy (non-hydrogen) atoms. The van der Waals surface area contributed by atoms with Crippen molar-refractivity contribution in [1.82, 2.24) is 14.0 Å². The monoisotopic (exact) mass is 426 g/mol. The molecular formula is C21H19ClN4O4. The highest BCUT2D eigenvalue weighted by Crippen LogP contribution is 2.24. The van der Waals surface area contributed by atoms with Gasteiger partial charge in [0, 0.05) is 30.4 Å². The lowest BCUT2D eigenvalue weighted by Gasteiger charge is -2.17. The zero-order valence-corrected chi connectivity index (χ0v) is 17.2. The first-order valence-electron chi connectivity index (χ1n) is 9.17. The Morgan fingerprint density at radius 2 is 1.90 bits per heavy atom. The van der Waals surface area contributed by atoms with Crippen LogP contribution in [0.25, 0.3) is 11.3 Å². The van der Waals surface area contributed by atoms with Gasteiger partial charge in [-0.05, 0) is 43.3 Å². The number of furan rings is 1. The molecule has 0 bridgehead atoms. The standard InChI is InChI=1S/C21H19ClN4O4/c1-3-25-11-15(10-23)20(28)26(21(25)29)13-19(27)24(2)12-17-8-9-18(30-17)14-4-6-16(22)7-5-14/h4-9,11H,3,12-13H2,1-2H3. The molecule has 3 rings (SSSR count). The van der Waals surface area contributed by atoms with Crippen LogP contribution in [0.5, 0.6) is 0 Å². The Labute approximate surface area is 177 Å². The quantitative estimate of drug-likeness (QED) is 0.602. The normalized spacial score (nSPS) is 10.6. The van der Waals surface area contributed by atoms with Gasteiger partial charge in [0.2, 0.25) is 5.91 Å². The smallest absolute Gasteiger partial charge is 0.331 e. The molecule has 2 aromatic heterocycles. The van der Waals surface area contributed by atoms with Crippen molar-refractivity contribution in [3.05, 3.63) is 79.8 Å². The molecule has 2 heterocycles. The lowest BCUT2D eigenvalue weighted by molar-refractivity contribution is -0.131. The summed E-state index contributed by atoms with van der Waals surface area (Å²) in [6.45, 7) is 1.67. The van der Waals surface area contributed by atoms with Crippen molar-refractivity contribution < 1.29 is 9.21 Å². The van der Waals surface area contributed by atoms with Crippen LogP contribution in [-0.2, 0) is 24.4 Å². The van der Waals surface area contributed by atoms with Crippen molar-refractivity contribution in [2.45, 2.75) is 26.6 Å². The van der Waals surface area contributed by atoms with Crippen LogP contribution in [0.1, 0.15) is 18.2 Å². The van der Waals surface area contributed by atoms with Crippen molar-refractivity contribution in [3.63, 3.8) is 0 Å². The molecule has 0 saturated carbocycles. The van der Waals surface area contributed by atoms with Crippen LogP contribution in [0.2, 0.25) is 5.02 Å². The average Bonchev–Trinajstić information content (AvgIpc) is 3.20. The third kappa shape index (κ3) is 4.36. The molecule has 8 nitrogen and oxygen atoms in total. The van der Waals surface area contributed by atoms with E-state index in [-0.39, 0.29) is 18.7 Å². The molecule has 0 atom stereocenters. The van der Waals surface area contributed by atoms with Gasteiger partial charge >= 0.3 is 5.69 Å². The highest BCUT2D eigenvalue weighted by molar-refractivity contribution is 6.30. The number of carbonyl (C=O) groups excluding carboxylic acids is 1. The van der Waals surface area contributed by atoms with Gasteiger partial charge in [-0.15, -0.1) is 0 Å². The third-order valence-corrected chi connectivity index (χ3v) is 4.85. The highest BCUT2D eigenvalue weighted by atomic mass is 35.5. The Morgan fingerprint density at radius 3 is 2.53 bits per heavy atom. The second-order valence-electron chi connectivity index (χ2n) is 6.64. The van der Waals surface area contributed by atoms with Crippen molar-refractivity contribution in [3.8, 4) is 17.4 Å². The summed E-state index contributed by atoms with van der Waals surface area (Å²) < 4.78 is 7.79. The number of nitriles is 1. The van der Waals surface area contributed by atoms with E-state index in [4.69, 9.17) is 21.3 Å². The van der Waals surface area contributed by atoms with Gasteiger partial charge in [-0.1, -0.05) is 11.6 Å². The van der Waals surface area contributed by atoms with Gasteiger partial charge in [0.05, 0.1) is 6.54 Å². The lowest BCUT2D eigenvalue weighted by Crippen LogP contribution is -2.44. The molecule has 0 fully saturated rings. The molecule has 0 N–H and O–H groups in total. The number of hydrogen-bond acceptors (Lipinski definition) is 5. The number of halogens is 1. The molecule has 0 unspecified atom stereocenters. The van der Waals surface area contributed by atoms with Crippen LogP contribution < -0.4 is 11.2 Å². The summed E-state index contributed by atoms with van der Waals surface area (Å²) >= 11 is 5.89. The first-order chi connectivity index (χ1) is 14.3. The van der Waals surface area contributed by atoms with Gasteiger partial charge in [-0.3, -0.25) is 14.2 Å². The number of aromatic nitrogens is 2. The maximum absolute atomic E-state index is 12.6. The average molecular weight is 427 g/mol. The van der Waals surface area contributed by atoms with Gasteiger partial charge < -0.3 is 9.32 Å². The van der Waals surface area contributed by atoms with E-state index >= 15 is 0 Å². The maximum Gasteiger partial charge on any atom is 0.331 e. The fourth-order valence-corrected chi connectivity index (χ4v) is 3.03. The van der Waals surface area contributed by atoms with E-state index in [2.05, 4.69) is 0 Å². The number of amides is 1. The zero-order chi connectivity index (χ0) is 21.8. The maximum atomic E-state index is 12.6. The number of carbonyl (C=O) groups is 1. The molecule has 154 valence electrons. The molecular weight excluding hydrogens is 408 g/mol. The minimum absolute atomic E-state index is 0.154. The molecule has 0 spiro atoms. The lowest BCUT2D eigenvalue weighted by atomic mass is 10.2. The van der Waals surface area contributed by atoms with Crippen molar-refractivity contribution in [2.24, 2.45) is 0 Å². The molecule has 0 saturated heterocycles. The van der Waals surface area contributed by atoms with E-state index < -0.39 is 23.7 Å². The van der Waals surface area contributed by atoms with E-state index in [1.54, 1.807) is 44.3 Å². The zero-order valence-electron chi connectivity index (χ0n) is 16.5. The summed E-state index contributed by atoms with van der Waals surface area (Å²) in [7, 11) is 1.55. The minimum atomic E-state index is -0.781. The van der Waals surface area contributed by atoms with Gasteiger partial charge in [0.25, 0.3) is 5.56 Å². The van der Waals surface area contributed by atoms with Crippen LogP contribution >= 0.6 is 11.6 Å². The first-order valence-corrected chi connectivity index (χ1v) is 9.54. The van der Waals surface area contributed by atoms with Crippen LogP contribution in [0.3, 0.4) is 0 Å². The Morgan fingerprint density at radius 1 is 1.20 bits per heavy atom. The van der Waals surface area contributed by atoms with E-state index in [0.29, 0.717) is 16.5 Å². The van der Waals surface area contributed by atoms with E-state index in [1.165, 1.54) is 15.7 Å². The second-order valence-corrected chi connectivity index (χ2v) is 7.07. The largest absolute Gasteiger partial charge is 0.459 e. The Balaban J connectivity index is 1.76. The predicted octanol–water partition coefficient (Wildman–Crippen LogP) is 2.47. The molecule has 1 amide bonds. The summed E-state index contributed by atoms with van der Waals surface area (Å²) in [5.41, 5.74) is -0.756. The van der Waals surface area contributed by atoms with Crippen molar-refractivity contribution in [1.29, 1.82) is 5.26 Å². The van der Waals surface area contributed by atoms with Gasteiger partial charge in [-0.2, -0.15) is 5.26 Å². The number of rotatable bonds is 6. The van der Waals surface area contributed by atoms with Crippen LogP contribution in [0.4, 0.5) is 0 Å². The summed E-state index contributed by atoms with van der Waals surface area (Å²) in [5.74, 6) is 0.711. The van der Waals surface area contributed by atoms with Gasteiger partial charge in [-0.25, -0.2) is 9.36 Å². The van der Waals surface area contributed by atoms with E-state index in [9.17, 15) is 14.4 Å². The number of aryl methyl sites for hydroxylation is 1. The molecule has 0 aliphatic rings. The number of benzene rings is 1. The number of hydrogen-bond donors (Lipinski definition) is 0. The second kappa shape index (κ2) is 8.84. The van der Waals surface area contributed by atoms with Gasteiger partial charge in [0.15, 0.2) is 0 Å². The van der Waals surface area contributed by atoms with Crippen LogP contribution in [0, 0.1) is 11.3 Å². The number of nitrogens with zero attached hydrogens (tertiary/aromatic N) is 4. The van der Waals surface area contributed by atoms with Crippen LogP contribution in [0.15, 0.2) is 56.6 Å². The molecule has 0 aliphatic heterocycles. The minimum Gasteiger partial charge on any atom is -0.459 e. The summed E-state index contributed by atoms with van der Waals surface area (Å²) in [6, 6.07) is 12.5. The summed E-state index contributed by atoms with van der Waals surface area (Å²) in [5, 5.41) is 9.73. The van der Waals surface area contributed by atoms with Crippen molar-refractivity contribution in [2.75, 3.05) is 7.05 Å². The molecule has 9 heteroatoms. The Bertz CT molecular complexity index is 1230. The Kier molecular flexibility index (Phi) is 6.23. The van der Waals surface area contributed by atoms with E-state index in [1.807, 2.05) is 12.1 Å². The third-order valence-electron chi connectivity index (χ3n) is 4.60. The highest BCUT2D eigenvalue weighted by Gasteiger charge is 2.17. The van der Waals surface area contributed by atoms with Crippen LogP contribution in [-0.4, -0.2) is 27.0 Å². The fraction of sp³-hybridized carbons (Fsp3) is 0.238. The summed E-state index contributed by atoms with van der Waals surface area (Å²) in [4.78, 5) is 38.7. The van der Waals surface area contributed by atoms with Gasteiger partial charge in [0.1, 0.15) is 29.7 Å². The number of likely N-dealkylation sites (N-methyl/N-ethyl adjacent to an activating group) is 1. The predicted molar refractivity (Wildman–Crippen MR) is 111 cm³/mol.